The molecule has 0 unspecified atom stereocenters. The van der Waals surface area contributed by atoms with Gasteiger partial charge in [-0.15, -0.1) is 0 Å². The third-order valence-corrected chi connectivity index (χ3v) is 3.33. The molecule has 0 radical (unpaired) electrons. The number of hydrogen-bond acceptors (Lipinski definition) is 2. The van der Waals surface area contributed by atoms with Crippen LogP contribution in [0.2, 0.25) is 0 Å². The van der Waals surface area contributed by atoms with Crippen molar-refractivity contribution in [2.24, 2.45) is 0 Å². The maximum absolute atomic E-state index is 13.9. The Morgan fingerprint density at radius 1 is 1.05 bits per heavy atom. The molecule has 1 atom stereocenters. The van der Waals surface area contributed by atoms with E-state index in [4.69, 9.17) is 0 Å². The molecule has 0 aliphatic rings. The highest BCUT2D eigenvalue weighted by atomic mass is 19.1. The molecule has 0 fully saturated rings. The first-order valence-electron chi connectivity index (χ1n) is 6.38. The third-order valence-electron chi connectivity index (χ3n) is 3.33. The Hall–Kier alpha value is -1.94. The summed E-state index contributed by atoms with van der Waals surface area (Å²) in [5.74, 6) is -0.750. The minimum absolute atomic E-state index is 0.367. The number of halogens is 2. The Balaban J connectivity index is 2.57. The molecule has 2 aromatic rings. The minimum Gasteiger partial charge on any atom is -0.389 e. The van der Waals surface area contributed by atoms with Crippen LogP contribution in [0.4, 0.5) is 20.2 Å². The van der Waals surface area contributed by atoms with Crippen LogP contribution in [-0.4, -0.2) is 12.2 Å². The van der Waals surface area contributed by atoms with Gasteiger partial charge in [0.05, 0.1) is 11.8 Å². The van der Waals surface area contributed by atoms with Crippen LogP contribution in [0.25, 0.3) is 0 Å². The largest absolute Gasteiger partial charge is 0.389 e. The Morgan fingerprint density at radius 2 is 1.70 bits per heavy atom. The summed E-state index contributed by atoms with van der Waals surface area (Å²) >= 11 is 0. The van der Waals surface area contributed by atoms with E-state index in [0.29, 0.717) is 22.5 Å². The monoisotopic (exact) mass is 277 g/mol. The topological polar surface area (TPSA) is 23.5 Å². The second-order valence-corrected chi connectivity index (χ2v) is 4.85. The lowest BCUT2D eigenvalue weighted by molar-refractivity contribution is 0.199. The lowest BCUT2D eigenvalue weighted by atomic mass is 10.0. The standard InChI is InChI=1S/C16H17F2NO/c1-10-8-16(12(11(2)20)9-14(10)18)19(3)15-7-5-4-6-13(15)17/h4-9,11,20H,1-3H3/t11-/m0/s1. The summed E-state index contributed by atoms with van der Waals surface area (Å²) in [6.07, 6.45) is -0.839. The summed E-state index contributed by atoms with van der Waals surface area (Å²) in [6, 6.07) is 9.26. The van der Waals surface area contributed by atoms with E-state index in [1.807, 2.05) is 0 Å². The number of rotatable bonds is 3. The van der Waals surface area contributed by atoms with Gasteiger partial charge in [0.25, 0.3) is 0 Å². The number of para-hydroxylation sites is 1. The van der Waals surface area contributed by atoms with Gasteiger partial charge in [0.1, 0.15) is 11.6 Å². The molecule has 2 rings (SSSR count). The van der Waals surface area contributed by atoms with Gasteiger partial charge in [-0.3, -0.25) is 0 Å². The molecule has 106 valence electrons. The van der Waals surface area contributed by atoms with Crippen molar-refractivity contribution in [3.05, 3.63) is 59.2 Å². The molecule has 0 aliphatic carbocycles. The van der Waals surface area contributed by atoms with Crippen LogP contribution < -0.4 is 4.90 Å². The molecule has 0 spiro atoms. The molecular weight excluding hydrogens is 260 g/mol. The van der Waals surface area contributed by atoms with Crippen LogP contribution in [0.3, 0.4) is 0 Å². The SMILES string of the molecule is Cc1cc(N(C)c2ccccc2F)c([C@H](C)O)cc1F. The fraction of sp³-hybridized carbons (Fsp3) is 0.250. The van der Waals surface area contributed by atoms with Crippen molar-refractivity contribution in [1.29, 1.82) is 0 Å². The lowest BCUT2D eigenvalue weighted by Gasteiger charge is -2.25. The number of anilines is 2. The average molecular weight is 277 g/mol. The molecule has 0 amide bonds. The summed E-state index contributed by atoms with van der Waals surface area (Å²) < 4.78 is 27.5. The average Bonchev–Trinajstić information content (AvgIpc) is 2.41. The minimum atomic E-state index is -0.839. The molecule has 0 heterocycles. The molecule has 20 heavy (non-hydrogen) atoms. The maximum Gasteiger partial charge on any atom is 0.146 e. The molecule has 4 heteroatoms. The molecule has 2 aromatic carbocycles. The number of nitrogens with zero attached hydrogens (tertiary/aromatic N) is 1. The smallest absolute Gasteiger partial charge is 0.146 e. The summed E-state index contributed by atoms with van der Waals surface area (Å²) in [5, 5.41) is 9.80. The van der Waals surface area contributed by atoms with Crippen LogP contribution >= 0.6 is 0 Å². The molecular formula is C16H17F2NO. The van der Waals surface area contributed by atoms with E-state index < -0.39 is 6.10 Å². The van der Waals surface area contributed by atoms with Gasteiger partial charge in [0.2, 0.25) is 0 Å². The van der Waals surface area contributed by atoms with Crippen molar-refractivity contribution in [1.82, 2.24) is 0 Å². The van der Waals surface area contributed by atoms with Gasteiger partial charge in [0.15, 0.2) is 0 Å². The Labute approximate surface area is 117 Å². The van der Waals surface area contributed by atoms with Crippen LogP contribution in [0.1, 0.15) is 24.2 Å². The maximum atomic E-state index is 13.9. The van der Waals surface area contributed by atoms with Gasteiger partial charge >= 0.3 is 0 Å². The zero-order valence-corrected chi connectivity index (χ0v) is 11.7. The third kappa shape index (κ3) is 2.65. The van der Waals surface area contributed by atoms with Crippen LogP contribution in [0.5, 0.6) is 0 Å². The molecule has 0 saturated heterocycles. The van der Waals surface area contributed by atoms with Crippen LogP contribution in [0, 0.1) is 18.6 Å². The summed E-state index contributed by atoms with van der Waals surface area (Å²) in [7, 11) is 1.69. The second kappa shape index (κ2) is 5.59. The summed E-state index contributed by atoms with van der Waals surface area (Å²) in [6.45, 7) is 3.20. The number of aliphatic hydroxyl groups excluding tert-OH is 1. The first-order valence-corrected chi connectivity index (χ1v) is 6.38. The predicted molar refractivity (Wildman–Crippen MR) is 76.2 cm³/mol. The van der Waals surface area contributed by atoms with E-state index >= 15 is 0 Å². The van der Waals surface area contributed by atoms with Crippen molar-refractivity contribution >= 4 is 11.4 Å². The molecule has 0 saturated carbocycles. The van der Waals surface area contributed by atoms with Gasteiger partial charge in [-0.25, -0.2) is 8.78 Å². The first kappa shape index (κ1) is 14.5. The Kier molecular flexibility index (Phi) is 4.04. The van der Waals surface area contributed by atoms with Crippen molar-refractivity contribution in [3.8, 4) is 0 Å². The molecule has 0 aliphatic heterocycles. The van der Waals surface area contributed by atoms with E-state index in [-0.39, 0.29) is 11.6 Å². The molecule has 1 N–H and O–H groups in total. The van der Waals surface area contributed by atoms with E-state index in [1.165, 1.54) is 12.1 Å². The first-order chi connectivity index (χ1) is 9.41. The zero-order chi connectivity index (χ0) is 14.9. The zero-order valence-electron chi connectivity index (χ0n) is 11.7. The van der Waals surface area contributed by atoms with Crippen molar-refractivity contribution in [2.75, 3.05) is 11.9 Å². The van der Waals surface area contributed by atoms with E-state index in [0.717, 1.165) is 0 Å². The predicted octanol–water partition coefficient (Wildman–Crippen LogP) is 4.09. The van der Waals surface area contributed by atoms with Crippen LogP contribution in [-0.2, 0) is 0 Å². The van der Waals surface area contributed by atoms with E-state index in [9.17, 15) is 13.9 Å². The number of aryl methyl sites for hydroxylation is 1. The molecule has 0 aromatic heterocycles. The Bertz CT molecular complexity index is 626. The van der Waals surface area contributed by atoms with Gasteiger partial charge in [-0.1, -0.05) is 12.1 Å². The van der Waals surface area contributed by atoms with Gasteiger partial charge in [-0.05, 0) is 43.7 Å². The van der Waals surface area contributed by atoms with E-state index in [1.54, 1.807) is 50.1 Å². The fourth-order valence-electron chi connectivity index (χ4n) is 2.16. The van der Waals surface area contributed by atoms with Crippen molar-refractivity contribution in [2.45, 2.75) is 20.0 Å². The van der Waals surface area contributed by atoms with Crippen molar-refractivity contribution in [3.63, 3.8) is 0 Å². The normalized spacial score (nSPS) is 12.3. The van der Waals surface area contributed by atoms with E-state index in [2.05, 4.69) is 0 Å². The Morgan fingerprint density at radius 3 is 2.30 bits per heavy atom. The van der Waals surface area contributed by atoms with Crippen LogP contribution in [0.15, 0.2) is 36.4 Å². The van der Waals surface area contributed by atoms with Gasteiger partial charge < -0.3 is 10.0 Å². The lowest BCUT2D eigenvalue weighted by Crippen LogP contribution is -2.15. The number of hydrogen-bond donors (Lipinski definition) is 1. The second-order valence-electron chi connectivity index (χ2n) is 4.85. The fourth-order valence-corrected chi connectivity index (χ4v) is 2.16. The highest BCUT2D eigenvalue weighted by molar-refractivity contribution is 5.67. The molecule has 0 bridgehead atoms. The van der Waals surface area contributed by atoms with Crippen molar-refractivity contribution < 1.29 is 13.9 Å². The number of benzene rings is 2. The highest BCUT2D eigenvalue weighted by Crippen LogP contribution is 2.33. The van der Waals surface area contributed by atoms with Gasteiger partial charge in [0, 0.05) is 18.3 Å². The quantitative estimate of drug-likeness (QED) is 0.913. The highest BCUT2D eigenvalue weighted by Gasteiger charge is 2.17. The summed E-state index contributed by atoms with van der Waals surface area (Å²) in [4.78, 5) is 1.61. The molecule has 2 nitrogen and oxygen atoms in total. The van der Waals surface area contributed by atoms with Gasteiger partial charge in [-0.2, -0.15) is 0 Å². The summed E-state index contributed by atoms with van der Waals surface area (Å²) in [5.41, 5.74) is 1.84. The number of aliphatic hydroxyl groups is 1.